The quantitative estimate of drug-likeness (QED) is 0.775. The average molecular weight is 392 g/mol. The van der Waals surface area contributed by atoms with Crippen LogP contribution in [-0.2, 0) is 19.1 Å². The molecule has 0 radical (unpaired) electrons. The van der Waals surface area contributed by atoms with Crippen LogP contribution in [0.15, 0.2) is 24.3 Å². The zero-order chi connectivity index (χ0) is 20.7. The Morgan fingerprint density at radius 1 is 1.14 bits per heavy atom. The number of amides is 2. The molecule has 0 atom stereocenters. The molecule has 1 aromatic rings. The summed E-state index contributed by atoms with van der Waals surface area (Å²) in [6.45, 7) is 5.90. The summed E-state index contributed by atoms with van der Waals surface area (Å²) in [6, 6.07) is 6.98. The molecule has 8 heteroatoms. The van der Waals surface area contributed by atoms with Crippen LogP contribution < -0.4 is 10.1 Å². The van der Waals surface area contributed by atoms with Gasteiger partial charge in [-0.2, -0.15) is 0 Å². The van der Waals surface area contributed by atoms with Crippen molar-refractivity contribution in [3.8, 4) is 5.75 Å². The summed E-state index contributed by atoms with van der Waals surface area (Å²) < 4.78 is 15.6. The maximum absolute atomic E-state index is 12.2. The molecule has 0 unspecified atom stereocenters. The topological polar surface area (TPSA) is 94.2 Å². The largest absolute Gasteiger partial charge is 0.495 e. The fraction of sp³-hybridized carbons (Fsp3) is 0.550. The summed E-state index contributed by atoms with van der Waals surface area (Å²) in [5.41, 5.74) is -0.0431. The molecule has 1 N–H and O–H groups in total. The van der Waals surface area contributed by atoms with Gasteiger partial charge in [0.2, 0.25) is 0 Å². The number of para-hydroxylation sites is 2. The molecule has 2 amide bonds. The number of carbonyl (C=O) groups is 3. The molecule has 2 rings (SSSR count). The molecule has 8 nitrogen and oxygen atoms in total. The zero-order valence-electron chi connectivity index (χ0n) is 16.8. The van der Waals surface area contributed by atoms with Gasteiger partial charge < -0.3 is 24.4 Å². The minimum atomic E-state index is -0.554. The molecule has 0 aliphatic carbocycles. The Kier molecular flexibility index (Phi) is 7.25. The molecule has 0 saturated carbocycles. The van der Waals surface area contributed by atoms with Crippen molar-refractivity contribution in [3.63, 3.8) is 0 Å². The highest BCUT2D eigenvalue weighted by Crippen LogP contribution is 2.23. The molecule has 0 bridgehead atoms. The average Bonchev–Trinajstić information content (AvgIpc) is 2.65. The van der Waals surface area contributed by atoms with Crippen LogP contribution in [0.25, 0.3) is 0 Å². The predicted molar refractivity (Wildman–Crippen MR) is 103 cm³/mol. The van der Waals surface area contributed by atoms with E-state index in [4.69, 9.17) is 14.2 Å². The van der Waals surface area contributed by atoms with Gasteiger partial charge >= 0.3 is 12.1 Å². The molecule has 1 aromatic carbocycles. The Morgan fingerprint density at radius 2 is 1.79 bits per heavy atom. The number of methoxy groups -OCH3 is 1. The minimum Gasteiger partial charge on any atom is -0.495 e. The molecule has 0 aromatic heterocycles. The third-order valence-corrected chi connectivity index (χ3v) is 4.21. The minimum absolute atomic E-state index is 0.335. The van der Waals surface area contributed by atoms with E-state index in [-0.39, 0.29) is 18.6 Å². The fourth-order valence-corrected chi connectivity index (χ4v) is 2.81. The van der Waals surface area contributed by atoms with Gasteiger partial charge in [0.25, 0.3) is 5.91 Å². The summed E-state index contributed by atoms with van der Waals surface area (Å²) in [5, 5.41) is 2.65. The van der Waals surface area contributed by atoms with Crippen molar-refractivity contribution in [1.82, 2.24) is 4.90 Å². The molecule has 28 heavy (non-hydrogen) atoms. The number of esters is 1. The van der Waals surface area contributed by atoms with Crippen LogP contribution in [0.5, 0.6) is 5.75 Å². The van der Waals surface area contributed by atoms with Gasteiger partial charge in [0, 0.05) is 13.1 Å². The number of nitrogens with one attached hydrogen (secondary N) is 1. The van der Waals surface area contributed by atoms with Crippen molar-refractivity contribution in [2.75, 3.05) is 32.1 Å². The van der Waals surface area contributed by atoms with Crippen molar-refractivity contribution in [1.29, 1.82) is 0 Å². The van der Waals surface area contributed by atoms with Crippen LogP contribution in [0.3, 0.4) is 0 Å². The second-order valence-electron chi connectivity index (χ2n) is 7.60. The van der Waals surface area contributed by atoms with Crippen LogP contribution in [0.1, 0.15) is 33.6 Å². The SMILES string of the molecule is COc1ccccc1NC(=O)COC(=O)C1CCN(C(=O)OC(C)(C)C)CC1. The number of ether oxygens (including phenoxy) is 3. The maximum atomic E-state index is 12.2. The first-order valence-corrected chi connectivity index (χ1v) is 9.27. The molecular formula is C20H28N2O6. The molecule has 1 saturated heterocycles. The molecule has 1 fully saturated rings. The molecule has 0 spiro atoms. The van der Waals surface area contributed by atoms with Crippen LogP contribution in [-0.4, -0.2) is 55.3 Å². The third kappa shape index (κ3) is 6.44. The van der Waals surface area contributed by atoms with Gasteiger partial charge in [0.05, 0.1) is 18.7 Å². The first kappa shape index (κ1) is 21.5. The van der Waals surface area contributed by atoms with E-state index < -0.39 is 17.5 Å². The number of anilines is 1. The van der Waals surface area contributed by atoms with Crippen molar-refractivity contribution in [2.24, 2.45) is 5.92 Å². The summed E-state index contributed by atoms with van der Waals surface area (Å²) in [5.74, 6) is -0.683. The number of hydrogen-bond acceptors (Lipinski definition) is 6. The molecule has 1 aliphatic heterocycles. The Bertz CT molecular complexity index is 705. The van der Waals surface area contributed by atoms with Crippen LogP contribution in [0.2, 0.25) is 0 Å². The molecule has 154 valence electrons. The van der Waals surface area contributed by atoms with Crippen LogP contribution in [0, 0.1) is 5.92 Å². The molecule has 1 heterocycles. The molecule has 1 aliphatic rings. The van der Waals surface area contributed by atoms with Gasteiger partial charge in [-0.25, -0.2) is 4.79 Å². The summed E-state index contributed by atoms with van der Waals surface area (Å²) in [6.07, 6.45) is 0.578. The monoisotopic (exact) mass is 392 g/mol. The number of piperidine rings is 1. The van der Waals surface area contributed by atoms with Gasteiger partial charge in [-0.1, -0.05) is 12.1 Å². The van der Waals surface area contributed by atoms with E-state index in [9.17, 15) is 14.4 Å². The maximum Gasteiger partial charge on any atom is 0.410 e. The van der Waals surface area contributed by atoms with Gasteiger partial charge in [0.1, 0.15) is 11.4 Å². The Labute approximate surface area is 165 Å². The highest BCUT2D eigenvalue weighted by Gasteiger charge is 2.31. The number of benzene rings is 1. The van der Waals surface area contributed by atoms with Crippen molar-refractivity contribution < 1.29 is 28.6 Å². The lowest BCUT2D eigenvalue weighted by molar-refractivity contribution is -0.153. The van der Waals surface area contributed by atoms with E-state index in [2.05, 4.69) is 5.32 Å². The Balaban J connectivity index is 1.75. The zero-order valence-corrected chi connectivity index (χ0v) is 16.8. The van der Waals surface area contributed by atoms with Crippen molar-refractivity contribution >= 4 is 23.7 Å². The Morgan fingerprint density at radius 3 is 2.39 bits per heavy atom. The van der Waals surface area contributed by atoms with E-state index in [0.29, 0.717) is 37.4 Å². The lowest BCUT2D eigenvalue weighted by Gasteiger charge is -2.32. The van der Waals surface area contributed by atoms with Gasteiger partial charge in [-0.05, 0) is 45.7 Å². The van der Waals surface area contributed by atoms with Crippen LogP contribution in [0.4, 0.5) is 10.5 Å². The van der Waals surface area contributed by atoms with Crippen molar-refractivity contribution in [2.45, 2.75) is 39.2 Å². The lowest BCUT2D eigenvalue weighted by Crippen LogP contribution is -2.43. The fourth-order valence-electron chi connectivity index (χ4n) is 2.81. The summed E-state index contributed by atoms with van der Waals surface area (Å²) >= 11 is 0. The smallest absolute Gasteiger partial charge is 0.410 e. The van der Waals surface area contributed by atoms with E-state index >= 15 is 0 Å². The van der Waals surface area contributed by atoms with Crippen LogP contribution >= 0.6 is 0 Å². The summed E-state index contributed by atoms with van der Waals surface area (Å²) in [4.78, 5) is 37.9. The standard InChI is InChI=1S/C20H28N2O6/c1-20(2,3)28-19(25)22-11-9-14(10-12-22)18(24)27-13-17(23)21-15-7-5-6-8-16(15)26-4/h5-8,14H,9-13H2,1-4H3,(H,21,23). The second kappa shape index (κ2) is 9.43. The normalized spacial score (nSPS) is 14.9. The van der Waals surface area contributed by atoms with Gasteiger partial charge in [0.15, 0.2) is 6.61 Å². The van der Waals surface area contributed by atoms with E-state index in [1.165, 1.54) is 7.11 Å². The number of hydrogen-bond donors (Lipinski definition) is 1. The lowest BCUT2D eigenvalue weighted by atomic mass is 9.97. The number of carbonyl (C=O) groups excluding carboxylic acids is 3. The highest BCUT2D eigenvalue weighted by molar-refractivity contribution is 5.94. The number of likely N-dealkylation sites (tertiary alicyclic amines) is 1. The highest BCUT2D eigenvalue weighted by atomic mass is 16.6. The third-order valence-electron chi connectivity index (χ3n) is 4.21. The number of rotatable bonds is 5. The van der Waals surface area contributed by atoms with Gasteiger partial charge in [-0.15, -0.1) is 0 Å². The van der Waals surface area contributed by atoms with Gasteiger partial charge in [-0.3, -0.25) is 9.59 Å². The molecular weight excluding hydrogens is 364 g/mol. The predicted octanol–water partition coefficient (Wildman–Crippen LogP) is 2.82. The van der Waals surface area contributed by atoms with E-state index in [1.54, 1.807) is 29.2 Å². The first-order chi connectivity index (χ1) is 13.2. The van der Waals surface area contributed by atoms with Crippen molar-refractivity contribution in [3.05, 3.63) is 24.3 Å². The second-order valence-corrected chi connectivity index (χ2v) is 7.60. The van der Waals surface area contributed by atoms with E-state index in [0.717, 1.165) is 0 Å². The summed E-state index contributed by atoms with van der Waals surface area (Å²) in [7, 11) is 1.51. The first-order valence-electron chi connectivity index (χ1n) is 9.27. The Hall–Kier alpha value is -2.77. The van der Waals surface area contributed by atoms with E-state index in [1.807, 2.05) is 20.8 Å². The number of nitrogens with zero attached hydrogens (tertiary/aromatic N) is 1.